The number of carbonyl (C=O) groups is 2. The SMILES string of the molecule is CC12CCC(S)(OC1=O)C2(C)C.O=C1OC2CC3CC1CC(C3)C2S. The average Bonchev–Trinajstić information content (AvgIpc) is 2.70. The van der Waals surface area contributed by atoms with Crippen molar-refractivity contribution in [2.45, 2.75) is 75.6 Å². The van der Waals surface area contributed by atoms with E-state index in [1.807, 2.05) is 6.92 Å². The van der Waals surface area contributed by atoms with Crippen molar-refractivity contribution in [1.82, 2.24) is 0 Å². The molecule has 7 unspecified atom stereocenters. The summed E-state index contributed by atoms with van der Waals surface area (Å²) in [4.78, 5) is 22.5. The summed E-state index contributed by atoms with van der Waals surface area (Å²) in [5.74, 6) is 1.55. The van der Waals surface area contributed by atoms with Gasteiger partial charge in [-0.2, -0.15) is 12.6 Å². The zero-order valence-corrected chi connectivity index (χ0v) is 16.9. The molecule has 0 aromatic rings. The minimum atomic E-state index is -0.515. The van der Waals surface area contributed by atoms with Crippen LogP contribution in [0.3, 0.4) is 0 Å². The van der Waals surface area contributed by atoms with Crippen LogP contribution >= 0.6 is 25.3 Å². The van der Waals surface area contributed by atoms with Gasteiger partial charge in [0.15, 0.2) is 4.93 Å². The first-order valence-electron chi connectivity index (χ1n) is 9.42. The fraction of sp³-hybridized carbons (Fsp3) is 0.895. The topological polar surface area (TPSA) is 52.6 Å². The van der Waals surface area contributed by atoms with Crippen LogP contribution in [0, 0.1) is 28.6 Å². The van der Waals surface area contributed by atoms with Gasteiger partial charge in [0.05, 0.1) is 11.3 Å². The predicted octanol–water partition coefficient (Wildman–Crippen LogP) is 3.64. The molecule has 6 bridgehead atoms. The molecule has 4 nitrogen and oxygen atoms in total. The molecule has 0 N–H and O–H groups in total. The van der Waals surface area contributed by atoms with E-state index in [0.29, 0.717) is 11.2 Å². The monoisotopic (exact) mass is 384 g/mol. The largest absolute Gasteiger partial charge is 0.461 e. The first kappa shape index (κ1) is 18.0. The number of hydrogen-bond donors (Lipinski definition) is 2. The summed E-state index contributed by atoms with van der Waals surface area (Å²) >= 11 is 9.05. The highest BCUT2D eigenvalue weighted by Gasteiger charge is 2.71. The van der Waals surface area contributed by atoms with Gasteiger partial charge >= 0.3 is 11.9 Å². The average molecular weight is 385 g/mol. The Labute approximate surface area is 160 Å². The van der Waals surface area contributed by atoms with Gasteiger partial charge in [0.25, 0.3) is 0 Å². The fourth-order valence-corrected chi connectivity index (χ4v) is 6.43. The van der Waals surface area contributed by atoms with E-state index in [9.17, 15) is 9.59 Å². The van der Waals surface area contributed by atoms with Gasteiger partial charge < -0.3 is 9.47 Å². The molecule has 0 spiro atoms. The summed E-state index contributed by atoms with van der Waals surface area (Å²) in [6.07, 6.45) is 6.34. The predicted molar refractivity (Wildman–Crippen MR) is 101 cm³/mol. The van der Waals surface area contributed by atoms with E-state index in [0.717, 1.165) is 38.0 Å². The zero-order chi connectivity index (χ0) is 18.2. The molecular formula is C19H28O4S2. The van der Waals surface area contributed by atoms with Crippen LogP contribution in [-0.2, 0) is 19.1 Å². The normalized spacial score (nSPS) is 51.5. The molecule has 7 atom stereocenters. The molecule has 140 valence electrons. The smallest absolute Gasteiger partial charge is 0.313 e. The third-order valence-electron chi connectivity index (χ3n) is 7.90. The minimum Gasteiger partial charge on any atom is -0.461 e. The quantitative estimate of drug-likeness (QED) is 0.495. The number of carbonyl (C=O) groups excluding carboxylic acids is 2. The standard InChI is InChI=1S/C10H14O2S.C9H14O2S/c11-10-7-2-5-1-6(4-7)9(13)8(3-5)12-10;1-7(2)8(3)4-5-9(7,12)11-6(8)10/h5-9,13H,1-4H2;12H,4-5H2,1-3H3. The number of hydrogen-bond acceptors (Lipinski definition) is 6. The molecule has 6 rings (SSSR count). The first-order valence-corrected chi connectivity index (χ1v) is 10.4. The van der Waals surface area contributed by atoms with Gasteiger partial charge in [0.1, 0.15) is 6.10 Å². The van der Waals surface area contributed by atoms with Gasteiger partial charge in [-0.1, -0.05) is 13.8 Å². The van der Waals surface area contributed by atoms with Crippen molar-refractivity contribution in [1.29, 1.82) is 0 Å². The van der Waals surface area contributed by atoms with Crippen molar-refractivity contribution in [3.63, 3.8) is 0 Å². The molecule has 0 aromatic heterocycles. The summed E-state index contributed by atoms with van der Waals surface area (Å²) in [6, 6.07) is 0. The van der Waals surface area contributed by atoms with E-state index in [2.05, 4.69) is 39.1 Å². The summed E-state index contributed by atoms with van der Waals surface area (Å²) in [5, 5.41) is 0.311. The summed E-state index contributed by atoms with van der Waals surface area (Å²) in [5.41, 5.74) is -0.449. The second kappa shape index (κ2) is 5.57. The van der Waals surface area contributed by atoms with Gasteiger partial charge in [0, 0.05) is 10.7 Å². The molecule has 6 aliphatic rings. The summed E-state index contributed by atoms with van der Waals surface area (Å²) in [6.45, 7) is 6.12. The lowest BCUT2D eigenvalue weighted by Crippen LogP contribution is -2.39. The molecule has 25 heavy (non-hydrogen) atoms. The molecule has 3 saturated carbocycles. The molecule has 6 heteroatoms. The number of fused-ring (bicyclic) bond motifs is 3. The summed E-state index contributed by atoms with van der Waals surface area (Å²) < 4.78 is 10.7. The maximum atomic E-state index is 11.6. The van der Waals surface area contributed by atoms with Gasteiger partial charge in [-0.3, -0.25) is 9.59 Å². The first-order chi connectivity index (χ1) is 11.6. The van der Waals surface area contributed by atoms with Gasteiger partial charge in [0.2, 0.25) is 0 Å². The second-order valence-electron chi connectivity index (χ2n) is 9.36. The molecular weight excluding hydrogens is 356 g/mol. The van der Waals surface area contributed by atoms with Crippen LogP contribution in [0.5, 0.6) is 0 Å². The van der Waals surface area contributed by atoms with Gasteiger partial charge in [-0.25, -0.2) is 0 Å². The van der Waals surface area contributed by atoms with Crippen molar-refractivity contribution in [3.05, 3.63) is 0 Å². The Morgan fingerprint density at radius 3 is 2.28 bits per heavy atom. The Bertz CT molecular complexity index is 621. The van der Waals surface area contributed by atoms with Gasteiger partial charge in [-0.15, -0.1) is 12.6 Å². The number of thiol groups is 2. The van der Waals surface area contributed by atoms with Crippen LogP contribution in [0.15, 0.2) is 0 Å². The maximum absolute atomic E-state index is 11.6. The minimum absolute atomic E-state index is 0.0498. The lowest BCUT2D eigenvalue weighted by Gasteiger charge is -2.39. The van der Waals surface area contributed by atoms with Crippen LogP contribution in [0.25, 0.3) is 0 Å². The van der Waals surface area contributed by atoms with E-state index in [-0.39, 0.29) is 34.8 Å². The highest BCUT2D eigenvalue weighted by molar-refractivity contribution is 7.81. The molecule has 0 amide bonds. The highest BCUT2D eigenvalue weighted by atomic mass is 32.1. The maximum Gasteiger partial charge on any atom is 0.313 e. The zero-order valence-electron chi connectivity index (χ0n) is 15.2. The molecule has 3 heterocycles. The lowest BCUT2D eigenvalue weighted by atomic mass is 9.68. The number of ether oxygens (including phenoxy) is 2. The van der Waals surface area contributed by atoms with Gasteiger partial charge in [-0.05, 0) is 57.3 Å². The van der Waals surface area contributed by atoms with Crippen molar-refractivity contribution >= 4 is 37.2 Å². The van der Waals surface area contributed by atoms with Crippen molar-refractivity contribution in [2.75, 3.05) is 0 Å². The van der Waals surface area contributed by atoms with Crippen molar-refractivity contribution < 1.29 is 19.1 Å². The molecule has 0 radical (unpaired) electrons. The molecule has 3 aliphatic carbocycles. The third-order valence-corrected chi connectivity index (χ3v) is 9.53. The van der Waals surface area contributed by atoms with Crippen LogP contribution in [0.4, 0.5) is 0 Å². The van der Waals surface area contributed by atoms with Crippen molar-refractivity contribution in [2.24, 2.45) is 28.6 Å². The Hall–Kier alpha value is -0.360. The Balaban J connectivity index is 0.000000126. The Kier molecular flexibility index (Phi) is 4.02. The lowest BCUT2D eigenvalue weighted by molar-refractivity contribution is -0.154. The van der Waals surface area contributed by atoms with Crippen molar-refractivity contribution in [3.8, 4) is 0 Å². The Morgan fingerprint density at radius 1 is 1.04 bits per heavy atom. The van der Waals surface area contributed by atoms with E-state index >= 15 is 0 Å². The van der Waals surface area contributed by atoms with E-state index < -0.39 is 4.93 Å². The fourth-order valence-electron chi connectivity index (χ4n) is 5.56. The van der Waals surface area contributed by atoms with Crippen LogP contribution in [0.2, 0.25) is 0 Å². The number of esters is 2. The van der Waals surface area contributed by atoms with E-state index in [1.54, 1.807) is 0 Å². The number of rotatable bonds is 0. The van der Waals surface area contributed by atoms with E-state index in [1.165, 1.54) is 6.42 Å². The molecule has 3 saturated heterocycles. The second-order valence-corrected chi connectivity index (χ2v) is 10.7. The van der Waals surface area contributed by atoms with Crippen LogP contribution in [0.1, 0.15) is 59.3 Å². The molecule has 3 aliphatic heterocycles. The van der Waals surface area contributed by atoms with Crippen LogP contribution in [-0.4, -0.2) is 28.2 Å². The third kappa shape index (κ3) is 2.42. The van der Waals surface area contributed by atoms with Crippen LogP contribution < -0.4 is 0 Å². The molecule has 0 aromatic carbocycles. The highest BCUT2D eigenvalue weighted by Crippen LogP contribution is 2.66. The molecule has 6 fully saturated rings. The Morgan fingerprint density at radius 2 is 1.76 bits per heavy atom. The van der Waals surface area contributed by atoms with E-state index in [4.69, 9.17) is 9.47 Å². The summed E-state index contributed by atoms with van der Waals surface area (Å²) in [7, 11) is 0.